The summed E-state index contributed by atoms with van der Waals surface area (Å²) in [6.07, 6.45) is 0.238. The summed E-state index contributed by atoms with van der Waals surface area (Å²) < 4.78 is 5.91. The van der Waals surface area contributed by atoms with E-state index in [0.717, 1.165) is 31.7 Å². The summed E-state index contributed by atoms with van der Waals surface area (Å²) in [4.78, 5) is 17.6. The number of aliphatic hydroxyl groups is 1. The molecule has 0 unspecified atom stereocenters. The third-order valence-corrected chi connectivity index (χ3v) is 7.28. The van der Waals surface area contributed by atoms with Crippen LogP contribution >= 0.6 is 23.2 Å². The number of carbonyl (C=O) groups excluding carboxylic acids is 1. The topological polar surface area (TPSA) is 53.0 Å². The van der Waals surface area contributed by atoms with E-state index in [1.165, 1.54) is 11.3 Å². The van der Waals surface area contributed by atoms with Gasteiger partial charge in [0.15, 0.2) is 5.78 Å². The van der Waals surface area contributed by atoms with Crippen LogP contribution in [0, 0.1) is 6.92 Å². The van der Waals surface area contributed by atoms with Crippen LogP contribution in [-0.2, 0) is 6.42 Å². The molecule has 7 heteroatoms. The zero-order valence-electron chi connectivity index (χ0n) is 20.5. The first-order valence-corrected chi connectivity index (χ1v) is 13.1. The van der Waals surface area contributed by atoms with Crippen molar-refractivity contribution in [1.29, 1.82) is 0 Å². The summed E-state index contributed by atoms with van der Waals surface area (Å²) in [5.74, 6) is 0.485. The first kappa shape index (κ1) is 26.5. The van der Waals surface area contributed by atoms with E-state index in [0.29, 0.717) is 40.7 Å². The van der Waals surface area contributed by atoms with E-state index in [4.69, 9.17) is 27.9 Å². The molecule has 1 atom stereocenters. The molecule has 1 N–H and O–H groups in total. The Morgan fingerprint density at radius 2 is 1.69 bits per heavy atom. The molecule has 5 nitrogen and oxygen atoms in total. The Balaban J connectivity index is 1.25. The number of aryl methyl sites for hydroxylation is 2. The standard InChI is InChI=1S/C29H32Cl2N2O3/c1-21-6-2-4-8-27(21)33-16-14-32(15-17-33)19-23(34)20-36-29-9-5-3-7-24(29)28(35)13-11-22-10-12-25(30)26(31)18-22/h2-10,12,18,23,34H,11,13-17,19-20H2,1H3/t23-/m1/s1. The predicted molar refractivity (Wildman–Crippen MR) is 147 cm³/mol. The zero-order chi connectivity index (χ0) is 25.5. The molecule has 0 radical (unpaired) electrons. The van der Waals surface area contributed by atoms with Gasteiger partial charge in [-0.3, -0.25) is 9.69 Å². The fourth-order valence-electron chi connectivity index (χ4n) is 4.54. The second kappa shape index (κ2) is 12.6. The van der Waals surface area contributed by atoms with Gasteiger partial charge in [-0.15, -0.1) is 0 Å². The summed E-state index contributed by atoms with van der Waals surface area (Å²) in [5.41, 5.74) is 4.04. The molecule has 0 saturated carbocycles. The van der Waals surface area contributed by atoms with Crippen molar-refractivity contribution in [1.82, 2.24) is 4.90 Å². The molecule has 190 valence electrons. The maximum absolute atomic E-state index is 12.9. The number of hydrogen-bond acceptors (Lipinski definition) is 5. The number of halogens is 2. The lowest BCUT2D eigenvalue weighted by atomic mass is 10.0. The van der Waals surface area contributed by atoms with Crippen LogP contribution in [0.15, 0.2) is 66.7 Å². The lowest BCUT2D eigenvalue weighted by molar-refractivity contribution is 0.0655. The number of para-hydroxylation sites is 2. The summed E-state index contributed by atoms with van der Waals surface area (Å²) in [6, 6.07) is 21.0. The number of Topliss-reactive ketones (excluding diaryl/α,β-unsaturated/α-hetero) is 1. The maximum atomic E-state index is 12.9. The highest BCUT2D eigenvalue weighted by Gasteiger charge is 2.21. The average Bonchev–Trinajstić information content (AvgIpc) is 2.89. The molecule has 4 rings (SSSR count). The van der Waals surface area contributed by atoms with Gasteiger partial charge in [0.1, 0.15) is 18.5 Å². The smallest absolute Gasteiger partial charge is 0.166 e. The number of aliphatic hydroxyl groups excluding tert-OH is 1. The third kappa shape index (κ3) is 7.01. The molecule has 1 aliphatic heterocycles. The highest BCUT2D eigenvalue weighted by atomic mass is 35.5. The molecule has 1 fully saturated rings. The van der Waals surface area contributed by atoms with E-state index in [1.54, 1.807) is 24.3 Å². The molecule has 1 saturated heterocycles. The van der Waals surface area contributed by atoms with Crippen molar-refractivity contribution in [3.8, 4) is 5.75 Å². The molecule has 1 aliphatic rings. The van der Waals surface area contributed by atoms with E-state index >= 15 is 0 Å². The first-order valence-electron chi connectivity index (χ1n) is 12.3. The van der Waals surface area contributed by atoms with E-state index in [1.807, 2.05) is 18.2 Å². The number of carbonyl (C=O) groups is 1. The predicted octanol–water partition coefficient (Wildman–Crippen LogP) is 5.68. The monoisotopic (exact) mass is 526 g/mol. The van der Waals surface area contributed by atoms with Crippen LogP contribution in [0.25, 0.3) is 0 Å². The van der Waals surface area contributed by atoms with Crippen molar-refractivity contribution in [2.75, 3.05) is 44.2 Å². The minimum absolute atomic E-state index is 0.0153. The number of rotatable bonds is 10. The van der Waals surface area contributed by atoms with E-state index in [9.17, 15) is 9.90 Å². The van der Waals surface area contributed by atoms with Gasteiger partial charge in [-0.25, -0.2) is 0 Å². The van der Waals surface area contributed by atoms with Crippen molar-refractivity contribution in [3.05, 3.63) is 93.5 Å². The second-order valence-corrected chi connectivity index (χ2v) is 10.0. The van der Waals surface area contributed by atoms with Crippen LogP contribution in [0.3, 0.4) is 0 Å². The molecule has 36 heavy (non-hydrogen) atoms. The highest BCUT2D eigenvalue weighted by Crippen LogP contribution is 2.25. The van der Waals surface area contributed by atoms with E-state index < -0.39 is 6.10 Å². The zero-order valence-corrected chi connectivity index (χ0v) is 22.0. The maximum Gasteiger partial charge on any atom is 0.166 e. The number of benzene rings is 3. The molecule has 0 amide bonds. The summed E-state index contributed by atoms with van der Waals surface area (Å²) in [6.45, 7) is 6.43. The quantitative estimate of drug-likeness (QED) is 0.344. The Hall–Kier alpha value is -2.57. The SMILES string of the molecule is Cc1ccccc1N1CCN(C[C@@H](O)COc2ccccc2C(=O)CCc2ccc(Cl)c(Cl)c2)CC1. The Bertz CT molecular complexity index is 1180. The molecule has 1 heterocycles. The van der Waals surface area contributed by atoms with Gasteiger partial charge in [-0.2, -0.15) is 0 Å². The number of nitrogens with zero attached hydrogens (tertiary/aromatic N) is 2. The van der Waals surface area contributed by atoms with Crippen LogP contribution < -0.4 is 9.64 Å². The molecular weight excluding hydrogens is 495 g/mol. The Labute approximate surface area is 223 Å². The molecule has 0 spiro atoms. The van der Waals surface area contributed by atoms with Crippen molar-refractivity contribution < 1.29 is 14.6 Å². The van der Waals surface area contributed by atoms with Gasteiger partial charge < -0.3 is 14.7 Å². The Kier molecular flexibility index (Phi) is 9.27. The number of ketones is 1. The fourth-order valence-corrected chi connectivity index (χ4v) is 4.86. The lowest BCUT2D eigenvalue weighted by Gasteiger charge is -2.37. The van der Waals surface area contributed by atoms with Crippen molar-refractivity contribution in [2.45, 2.75) is 25.9 Å². The van der Waals surface area contributed by atoms with Gasteiger partial charge in [0, 0.05) is 44.8 Å². The minimum Gasteiger partial charge on any atom is -0.490 e. The largest absolute Gasteiger partial charge is 0.490 e. The Morgan fingerprint density at radius 3 is 2.44 bits per heavy atom. The number of hydrogen-bond donors (Lipinski definition) is 1. The van der Waals surface area contributed by atoms with Crippen molar-refractivity contribution in [3.63, 3.8) is 0 Å². The summed E-state index contributed by atoms with van der Waals surface area (Å²) in [5, 5.41) is 11.6. The van der Waals surface area contributed by atoms with Crippen LogP contribution in [0.1, 0.15) is 27.9 Å². The molecule has 3 aromatic carbocycles. The van der Waals surface area contributed by atoms with Gasteiger partial charge in [-0.05, 0) is 54.8 Å². The van der Waals surface area contributed by atoms with Gasteiger partial charge in [0.2, 0.25) is 0 Å². The van der Waals surface area contributed by atoms with Crippen molar-refractivity contribution >= 4 is 34.7 Å². The number of piperazine rings is 1. The van der Waals surface area contributed by atoms with Crippen LogP contribution in [0.4, 0.5) is 5.69 Å². The number of ether oxygens (including phenoxy) is 1. The summed E-state index contributed by atoms with van der Waals surface area (Å²) in [7, 11) is 0. The van der Waals surface area contributed by atoms with Crippen LogP contribution in [0.2, 0.25) is 10.0 Å². The lowest BCUT2D eigenvalue weighted by Crippen LogP contribution is -2.49. The van der Waals surface area contributed by atoms with Gasteiger partial charge in [0.25, 0.3) is 0 Å². The molecule has 0 aromatic heterocycles. The molecular formula is C29H32Cl2N2O3. The third-order valence-electron chi connectivity index (χ3n) is 6.54. The van der Waals surface area contributed by atoms with Gasteiger partial charge in [0.05, 0.1) is 15.6 Å². The number of β-amino-alcohol motifs (C(OH)–C–C–N with tert-alkyl or cyclic N) is 1. The Morgan fingerprint density at radius 1 is 0.972 bits per heavy atom. The van der Waals surface area contributed by atoms with E-state index in [-0.39, 0.29) is 12.4 Å². The second-order valence-electron chi connectivity index (χ2n) is 9.21. The van der Waals surface area contributed by atoms with E-state index in [2.05, 4.69) is 41.0 Å². The van der Waals surface area contributed by atoms with Gasteiger partial charge >= 0.3 is 0 Å². The average molecular weight is 527 g/mol. The number of anilines is 1. The van der Waals surface area contributed by atoms with Crippen LogP contribution in [-0.4, -0.2) is 61.2 Å². The molecule has 0 bridgehead atoms. The van der Waals surface area contributed by atoms with Gasteiger partial charge in [-0.1, -0.05) is 59.6 Å². The minimum atomic E-state index is -0.644. The molecule has 3 aromatic rings. The highest BCUT2D eigenvalue weighted by molar-refractivity contribution is 6.42. The fraction of sp³-hybridized carbons (Fsp3) is 0.345. The van der Waals surface area contributed by atoms with Crippen molar-refractivity contribution in [2.24, 2.45) is 0 Å². The first-order chi connectivity index (χ1) is 17.4. The normalized spacial score (nSPS) is 15.1. The molecule has 0 aliphatic carbocycles. The van der Waals surface area contributed by atoms with Crippen LogP contribution in [0.5, 0.6) is 5.75 Å². The summed E-state index contributed by atoms with van der Waals surface area (Å²) >= 11 is 12.1.